The van der Waals surface area contributed by atoms with Crippen LogP contribution in [0.15, 0.2) is 18.2 Å². The number of aryl methyl sites for hydroxylation is 1. The summed E-state index contributed by atoms with van der Waals surface area (Å²) in [6.07, 6.45) is 4.76. The normalized spacial score (nSPS) is 22.4. The molecule has 1 aromatic heterocycles. The van der Waals surface area contributed by atoms with E-state index >= 15 is 0 Å². The predicted octanol–water partition coefficient (Wildman–Crippen LogP) is 4.10. The minimum absolute atomic E-state index is 0.00755. The van der Waals surface area contributed by atoms with Gasteiger partial charge in [-0.05, 0) is 31.2 Å². The van der Waals surface area contributed by atoms with Crippen LogP contribution in [0, 0.1) is 12.8 Å². The first-order chi connectivity index (χ1) is 10.1. The van der Waals surface area contributed by atoms with Crippen LogP contribution in [0.1, 0.15) is 47.8 Å². The van der Waals surface area contributed by atoms with E-state index in [9.17, 15) is 4.79 Å². The summed E-state index contributed by atoms with van der Waals surface area (Å²) in [6, 6.07) is 6.33. The number of nitrogens with one attached hydrogen (secondary N) is 1. The maximum absolute atomic E-state index is 12.6. The van der Waals surface area contributed by atoms with E-state index in [1.807, 2.05) is 12.1 Å². The maximum atomic E-state index is 12.6. The highest BCUT2D eigenvalue weighted by Crippen LogP contribution is 2.36. The molecule has 1 saturated carbocycles. The third kappa shape index (κ3) is 2.64. The number of hydrogen-bond donors (Lipinski definition) is 2. The van der Waals surface area contributed by atoms with Gasteiger partial charge in [0.05, 0.1) is 5.69 Å². The average Bonchev–Trinajstić information content (AvgIpc) is 2.81. The Balaban J connectivity index is 1.88. The summed E-state index contributed by atoms with van der Waals surface area (Å²) < 4.78 is 1.12. The molecule has 0 aliphatic heterocycles. The summed E-state index contributed by atoms with van der Waals surface area (Å²) in [6.45, 7) is 4.28. The number of carbonyl (C=O) groups excluding carboxylic acids is 1. The molecule has 3 N–H and O–H groups in total. The Bertz CT molecular complexity index is 677. The monoisotopic (exact) mass is 302 g/mol. The van der Waals surface area contributed by atoms with E-state index in [0.29, 0.717) is 16.5 Å². The molecule has 1 aliphatic carbocycles. The largest absolute Gasteiger partial charge is 0.397 e. The fraction of sp³-hybridized carbons (Fsp3) is 0.471. The Kier molecular flexibility index (Phi) is 3.89. The molecule has 1 fully saturated rings. The standard InChI is InChI=1S/C17H22N2OS/c1-10-6-3-4-9-13(10)19-17(20)16-14(18)12-8-5-7-11(2)15(12)21-16/h5,7-8,10,13H,3-4,6,9,18H2,1-2H3,(H,19,20). The molecule has 2 unspecified atom stereocenters. The van der Waals surface area contributed by atoms with E-state index in [-0.39, 0.29) is 11.9 Å². The zero-order valence-electron chi connectivity index (χ0n) is 12.6. The van der Waals surface area contributed by atoms with Crippen LogP contribution in [0.2, 0.25) is 0 Å². The molecule has 0 bridgehead atoms. The van der Waals surface area contributed by atoms with Gasteiger partial charge in [-0.3, -0.25) is 4.79 Å². The third-order valence-corrected chi connectivity index (χ3v) is 5.94. The fourth-order valence-electron chi connectivity index (χ4n) is 3.21. The quantitative estimate of drug-likeness (QED) is 0.877. The summed E-state index contributed by atoms with van der Waals surface area (Å²) >= 11 is 1.51. The molecule has 21 heavy (non-hydrogen) atoms. The Morgan fingerprint density at radius 3 is 2.81 bits per heavy atom. The van der Waals surface area contributed by atoms with E-state index in [2.05, 4.69) is 25.2 Å². The summed E-state index contributed by atoms with van der Waals surface area (Å²) in [7, 11) is 0. The molecule has 112 valence electrons. The predicted molar refractivity (Wildman–Crippen MR) is 89.9 cm³/mol. The molecule has 1 aliphatic rings. The molecule has 1 aromatic carbocycles. The lowest BCUT2D eigenvalue weighted by atomic mass is 9.86. The first kappa shape index (κ1) is 14.4. The number of nitrogens with two attached hydrogens (primary N) is 1. The van der Waals surface area contributed by atoms with Crippen LogP contribution in [-0.2, 0) is 0 Å². The van der Waals surface area contributed by atoms with E-state index in [0.717, 1.165) is 16.5 Å². The van der Waals surface area contributed by atoms with Crippen molar-refractivity contribution in [2.24, 2.45) is 5.92 Å². The van der Waals surface area contributed by atoms with Crippen LogP contribution in [0.4, 0.5) is 5.69 Å². The number of anilines is 1. The Morgan fingerprint density at radius 2 is 2.10 bits per heavy atom. The molecule has 1 amide bonds. The zero-order chi connectivity index (χ0) is 15.0. The zero-order valence-corrected chi connectivity index (χ0v) is 13.4. The first-order valence-corrected chi connectivity index (χ1v) is 8.48. The van der Waals surface area contributed by atoms with Crippen molar-refractivity contribution in [3.05, 3.63) is 28.6 Å². The van der Waals surface area contributed by atoms with Crippen molar-refractivity contribution in [2.75, 3.05) is 5.73 Å². The molecule has 3 rings (SSSR count). The van der Waals surface area contributed by atoms with Crippen molar-refractivity contribution >= 4 is 33.0 Å². The van der Waals surface area contributed by atoms with E-state index in [1.165, 1.54) is 36.2 Å². The Labute approximate surface area is 129 Å². The number of nitrogen functional groups attached to an aromatic ring is 1. The molecule has 0 saturated heterocycles. The molecular weight excluding hydrogens is 280 g/mol. The summed E-state index contributed by atoms with van der Waals surface area (Å²) in [5, 5.41) is 4.20. The first-order valence-electron chi connectivity index (χ1n) is 7.66. The van der Waals surface area contributed by atoms with Gasteiger partial charge in [0.15, 0.2) is 0 Å². The SMILES string of the molecule is Cc1cccc2c(N)c(C(=O)NC3CCCCC3C)sc12. The molecule has 0 radical (unpaired) electrons. The van der Waals surface area contributed by atoms with Gasteiger partial charge in [-0.2, -0.15) is 0 Å². The van der Waals surface area contributed by atoms with E-state index in [4.69, 9.17) is 5.73 Å². The minimum Gasteiger partial charge on any atom is -0.397 e. The Hall–Kier alpha value is -1.55. The highest BCUT2D eigenvalue weighted by Gasteiger charge is 2.25. The maximum Gasteiger partial charge on any atom is 0.263 e. The van der Waals surface area contributed by atoms with Crippen LogP contribution >= 0.6 is 11.3 Å². The number of carbonyl (C=O) groups is 1. The summed E-state index contributed by atoms with van der Waals surface area (Å²) in [5.74, 6) is 0.548. The van der Waals surface area contributed by atoms with Crippen molar-refractivity contribution in [1.29, 1.82) is 0 Å². The lowest BCUT2D eigenvalue weighted by Crippen LogP contribution is -2.40. The van der Waals surface area contributed by atoms with Gasteiger partial charge in [-0.15, -0.1) is 11.3 Å². The summed E-state index contributed by atoms with van der Waals surface area (Å²) in [5.41, 5.74) is 8.00. The molecule has 1 heterocycles. The van der Waals surface area contributed by atoms with Crippen LogP contribution < -0.4 is 11.1 Å². The lowest BCUT2D eigenvalue weighted by Gasteiger charge is -2.29. The minimum atomic E-state index is -0.00755. The Morgan fingerprint density at radius 1 is 1.33 bits per heavy atom. The second kappa shape index (κ2) is 5.68. The van der Waals surface area contributed by atoms with Gasteiger partial charge in [0, 0.05) is 16.1 Å². The van der Waals surface area contributed by atoms with Crippen LogP contribution in [0.25, 0.3) is 10.1 Å². The average molecular weight is 302 g/mol. The van der Waals surface area contributed by atoms with Gasteiger partial charge in [0.2, 0.25) is 0 Å². The van der Waals surface area contributed by atoms with Crippen molar-refractivity contribution < 1.29 is 4.79 Å². The fourth-order valence-corrected chi connectivity index (χ4v) is 4.31. The number of amides is 1. The van der Waals surface area contributed by atoms with Crippen LogP contribution in [-0.4, -0.2) is 11.9 Å². The van der Waals surface area contributed by atoms with E-state index in [1.54, 1.807) is 0 Å². The molecule has 0 spiro atoms. The second-order valence-corrected chi connectivity index (χ2v) is 7.16. The van der Waals surface area contributed by atoms with Crippen molar-refractivity contribution in [3.63, 3.8) is 0 Å². The van der Waals surface area contributed by atoms with Gasteiger partial charge < -0.3 is 11.1 Å². The topological polar surface area (TPSA) is 55.1 Å². The van der Waals surface area contributed by atoms with Gasteiger partial charge in [0.25, 0.3) is 5.91 Å². The number of rotatable bonds is 2. The van der Waals surface area contributed by atoms with Crippen LogP contribution in [0.5, 0.6) is 0 Å². The van der Waals surface area contributed by atoms with Crippen LogP contribution in [0.3, 0.4) is 0 Å². The molecule has 3 nitrogen and oxygen atoms in total. The second-order valence-electron chi connectivity index (χ2n) is 6.14. The highest BCUT2D eigenvalue weighted by atomic mass is 32.1. The van der Waals surface area contributed by atoms with Crippen molar-refractivity contribution in [1.82, 2.24) is 5.32 Å². The van der Waals surface area contributed by atoms with Gasteiger partial charge in [-0.1, -0.05) is 38.0 Å². The number of thiophene rings is 1. The van der Waals surface area contributed by atoms with Gasteiger partial charge in [0.1, 0.15) is 4.88 Å². The highest BCUT2D eigenvalue weighted by molar-refractivity contribution is 7.21. The molecule has 4 heteroatoms. The third-order valence-electron chi connectivity index (χ3n) is 4.59. The van der Waals surface area contributed by atoms with Crippen molar-refractivity contribution in [3.8, 4) is 0 Å². The van der Waals surface area contributed by atoms with E-state index < -0.39 is 0 Å². The number of hydrogen-bond acceptors (Lipinski definition) is 3. The van der Waals surface area contributed by atoms with Gasteiger partial charge >= 0.3 is 0 Å². The smallest absolute Gasteiger partial charge is 0.263 e. The number of fused-ring (bicyclic) bond motifs is 1. The summed E-state index contributed by atoms with van der Waals surface area (Å²) in [4.78, 5) is 13.2. The molecule has 2 atom stereocenters. The van der Waals surface area contributed by atoms with Gasteiger partial charge in [-0.25, -0.2) is 0 Å². The number of benzene rings is 1. The van der Waals surface area contributed by atoms with Crippen molar-refractivity contribution in [2.45, 2.75) is 45.6 Å². The molecule has 2 aromatic rings. The molecular formula is C17H22N2OS. The lowest BCUT2D eigenvalue weighted by molar-refractivity contribution is 0.0915.